The molecule has 1 fully saturated rings. The molecule has 0 aliphatic heterocycles. The summed E-state index contributed by atoms with van der Waals surface area (Å²) >= 11 is 0. The number of carbonyl (C=O) groups excluding carboxylic acids is 1. The number of nitrogens with one attached hydrogen (secondary N) is 2. The number of anilines is 1. The maximum absolute atomic E-state index is 11.8. The summed E-state index contributed by atoms with van der Waals surface area (Å²) in [6.07, 6.45) is 3.77. The van der Waals surface area contributed by atoms with Gasteiger partial charge in [-0.15, -0.1) is 0 Å². The van der Waals surface area contributed by atoms with E-state index in [0.29, 0.717) is 12.0 Å². The number of carbonyl (C=O) groups is 1. The topological polar surface area (TPSA) is 50.4 Å². The number of benzene rings is 1. The predicted octanol–water partition coefficient (Wildman–Crippen LogP) is 2.41. The lowest BCUT2D eigenvalue weighted by Crippen LogP contribution is -2.32. The Hall–Kier alpha value is -1.55. The lowest BCUT2D eigenvalue weighted by atomic mass is 10.0. The number of rotatable bonds is 7. The molecule has 104 valence electrons. The lowest BCUT2D eigenvalue weighted by molar-refractivity contribution is -0.115. The van der Waals surface area contributed by atoms with Crippen LogP contribution in [0.15, 0.2) is 24.3 Å². The van der Waals surface area contributed by atoms with E-state index < -0.39 is 0 Å². The molecule has 4 heteroatoms. The Morgan fingerprint density at radius 3 is 2.53 bits per heavy atom. The summed E-state index contributed by atoms with van der Waals surface area (Å²) in [5.74, 6) is 0.784. The van der Waals surface area contributed by atoms with Crippen molar-refractivity contribution in [3.05, 3.63) is 24.3 Å². The minimum absolute atomic E-state index is 0.00271. The summed E-state index contributed by atoms with van der Waals surface area (Å²) in [7, 11) is 1.62. The Labute approximate surface area is 114 Å². The highest BCUT2D eigenvalue weighted by atomic mass is 16.5. The van der Waals surface area contributed by atoms with E-state index in [1.54, 1.807) is 7.11 Å². The van der Waals surface area contributed by atoms with Crippen LogP contribution >= 0.6 is 0 Å². The van der Waals surface area contributed by atoms with Gasteiger partial charge in [-0.25, -0.2) is 0 Å². The number of amides is 1. The zero-order valence-electron chi connectivity index (χ0n) is 11.7. The highest BCUT2D eigenvalue weighted by Crippen LogP contribution is 2.47. The van der Waals surface area contributed by atoms with Crippen molar-refractivity contribution in [3.8, 4) is 5.75 Å². The molecular formula is C15H22N2O2. The maximum atomic E-state index is 11.8. The molecule has 0 bridgehead atoms. The average molecular weight is 262 g/mol. The fourth-order valence-corrected chi connectivity index (χ4v) is 2.15. The first kappa shape index (κ1) is 13.9. The second kappa shape index (κ2) is 6.06. The third-order valence-corrected chi connectivity index (χ3v) is 3.87. The van der Waals surface area contributed by atoms with Crippen molar-refractivity contribution in [2.75, 3.05) is 25.5 Å². The average Bonchev–Trinajstić information content (AvgIpc) is 3.20. The van der Waals surface area contributed by atoms with Crippen molar-refractivity contribution in [3.63, 3.8) is 0 Å². The molecule has 0 heterocycles. The third-order valence-electron chi connectivity index (χ3n) is 3.87. The molecule has 0 saturated heterocycles. The summed E-state index contributed by atoms with van der Waals surface area (Å²) in [5.41, 5.74) is 1.27. The summed E-state index contributed by atoms with van der Waals surface area (Å²) in [5, 5.41) is 6.11. The van der Waals surface area contributed by atoms with Crippen LogP contribution in [0, 0.1) is 5.41 Å². The van der Waals surface area contributed by atoms with Gasteiger partial charge in [0.2, 0.25) is 5.91 Å². The molecule has 1 amide bonds. The van der Waals surface area contributed by atoms with E-state index in [1.165, 1.54) is 19.3 Å². The van der Waals surface area contributed by atoms with E-state index in [1.807, 2.05) is 24.3 Å². The van der Waals surface area contributed by atoms with E-state index in [9.17, 15) is 4.79 Å². The number of hydrogen-bond acceptors (Lipinski definition) is 3. The summed E-state index contributed by atoms with van der Waals surface area (Å²) in [6, 6.07) is 7.34. The zero-order chi connectivity index (χ0) is 13.7. The van der Waals surface area contributed by atoms with E-state index in [4.69, 9.17) is 4.74 Å². The van der Waals surface area contributed by atoms with Crippen molar-refractivity contribution >= 4 is 11.6 Å². The number of hydrogen-bond donors (Lipinski definition) is 2. The van der Waals surface area contributed by atoms with Gasteiger partial charge < -0.3 is 15.4 Å². The van der Waals surface area contributed by atoms with Crippen molar-refractivity contribution in [1.82, 2.24) is 5.32 Å². The van der Waals surface area contributed by atoms with E-state index in [0.717, 1.165) is 18.0 Å². The second-order valence-corrected chi connectivity index (χ2v) is 5.23. The van der Waals surface area contributed by atoms with Crippen LogP contribution < -0.4 is 15.4 Å². The Bertz CT molecular complexity index is 424. The smallest absolute Gasteiger partial charge is 0.238 e. The normalized spacial score (nSPS) is 15.9. The van der Waals surface area contributed by atoms with Crippen LogP contribution in [0.4, 0.5) is 5.69 Å². The predicted molar refractivity (Wildman–Crippen MR) is 76.5 cm³/mol. The van der Waals surface area contributed by atoms with Crippen LogP contribution in [-0.2, 0) is 4.79 Å². The molecule has 0 unspecified atom stereocenters. The molecular weight excluding hydrogens is 240 g/mol. The van der Waals surface area contributed by atoms with Gasteiger partial charge in [-0.1, -0.05) is 6.92 Å². The monoisotopic (exact) mass is 262 g/mol. The molecule has 4 nitrogen and oxygen atoms in total. The quantitative estimate of drug-likeness (QED) is 0.793. The van der Waals surface area contributed by atoms with Crippen LogP contribution in [0.5, 0.6) is 5.75 Å². The van der Waals surface area contributed by atoms with Gasteiger partial charge in [0, 0.05) is 12.2 Å². The molecule has 1 saturated carbocycles. The molecule has 2 rings (SSSR count). The van der Waals surface area contributed by atoms with Gasteiger partial charge in [-0.2, -0.15) is 0 Å². The van der Waals surface area contributed by atoms with Gasteiger partial charge in [-0.05, 0) is 48.9 Å². The van der Waals surface area contributed by atoms with Gasteiger partial charge in [0.15, 0.2) is 0 Å². The highest BCUT2D eigenvalue weighted by Gasteiger charge is 2.39. The minimum Gasteiger partial charge on any atom is -0.497 e. The standard InChI is InChI=1S/C15H22N2O2/c1-3-15(8-9-15)11-16-10-14(18)17-12-4-6-13(19-2)7-5-12/h4-7,16H,3,8-11H2,1-2H3,(H,17,18). The van der Waals surface area contributed by atoms with Crippen LogP contribution in [0.2, 0.25) is 0 Å². The van der Waals surface area contributed by atoms with E-state index in [-0.39, 0.29) is 5.91 Å². The van der Waals surface area contributed by atoms with Crippen LogP contribution in [0.25, 0.3) is 0 Å². The first-order valence-corrected chi connectivity index (χ1v) is 6.82. The molecule has 2 N–H and O–H groups in total. The first-order valence-electron chi connectivity index (χ1n) is 6.82. The molecule has 1 aromatic rings. The fourth-order valence-electron chi connectivity index (χ4n) is 2.15. The molecule has 1 aliphatic rings. The van der Waals surface area contributed by atoms with Crippen molar-refractivity contribution in [2.24, 2.45) is 5.41 Å². The summed E-state index contributed by atoms with van der Waals surface area (Å²) < 4.78 is 5.07. The fraction of sp³-hybridized carbons (Fsp3) is 0.533. The van der Waals surface area contributed by atoms with Gasteiger partial charge in [-0.3, -0.25) is 4.79 Å². The second-order valence-electron chi connectivity index (χ2n) is 5.23. The van der Waals surface area contributed by atoms with E-state index in [2.05, 4.69) is 17.6 Å². The third kappa shape index (κ3) is 3.96. The number of methoxy groups -OCH3 is 1. The Morgan fingerprint density at radius 2 is 2.00 bits per heavy atom. The minimum atomic E-state index is -0.00271. The molecule has 0 radical (unpaired) electrons. The Balaban J connectivity index is 1.71. The summed E-state index contributed by atoms with van der Waals surface area (Å²) in [6.45, 7) is 3.53. The Kier molecular flexibility index (Phi) is 4.43. The van der Waals surface area contributed by atoms with Crippen molar-refractivity contribution in [2.45, 2.75) is 26.2 Å². The molecule has 19 heavy (non-hydrogen) atoms. The summed E-state index contributed by atoms with van der Waals surface area (Å²) in [4.78, 5) is 11.8. The SMILES string of the molecule is CCC1(CNCC(=O)Nc2ccc(OC)cc2)CC1. The molecule has 1 aromatic carbocycles. The zero-order valence-corrected chi connectivity index (χ0v) is 11.7. The van der Waals surface area contributed by atoms with Crippen molar-refractivity contribution in [1.29, 1.82) is 0 Å². The van der Waals surface area contributed by atoms with Crippen LogP contribution in [0.3, 0.4) is 0 Å². The highest BCUT2D eigenvalue weighted by molar-refractivity contribution is 5.92. The Morgan fingerprint density at radius 1 is 1.32 bits per heavy atom. The molecule has 0 aromatic heterocycles. The first-order chi connectivity index (χ1) is 9.17. The molecule has 1 aliphatic carbocycles. The van der Waals surface area contributed by atoms with Crippen molar-refractivity contribution < 1.29 is 9.53 Å². The molecule has 0 spiro atoms. The lowest BCUT2D eigenvalue weighted by Gasteiger charge is -2.13. The van der Waals surface area contributed by atoms with Crippen LogP contribution in [-0.4, -0.2) is 26.1 Å². The van der Waals surface area contributed by atoms with Crippen LogP contribution in [0.1, 0.15) is 26.2 Å². The van der Waals surface area contributed by atoms with Gasteiger partial charge >= 0.3 is 0 Å². The number of ether oxygens (including phenoxy) is 1. The van der Waals surface area contributed by atoms with E-state index >= 15 is 0 Å². The van der Waals surface area contributed by atoms with Gasteiger partial charge in [0.05, 0.1) is 13.7 Å². The van der Waals surface area contributed by atoms with Gasteiger partial charge in [0.25, 0.3) is 0 Å². The largest absolute Gasteiger partial charge is 0.497 e. The van der Waals surface area contributed by atoms with Gasteiger partial charge in [0.1, 0.15) is 5.75 Å². The maximum Gasteiger partial charge on any atom is 0.238 e. The molecule has 0 atom stereocenters.